The normalized spacial score (nSPS) is 10.4. The third-order valence-corrected chi connectivity index (χ3v) is 2.75. The minimum atomic E-state index is 0.772. The van der Waals surface area contributed by atoms with E-state index in [9.17, 15) is 0 Å². The topological polar surface area (TPSA) is 17.0 Å². The molecule has 2 rings (SSSR count). The summed E-state index contributed by atoms with van der Waals surface area (Å²) < 4.78 is 9.93. The second-order valence-electron chi connectivity index (χ2n) is 4.19. The van der Waals surface area contributed by atoms with Gasteiger partial charge in [-0.2, -0.15) is 0 Å². The van der Waals surface area contributed by atoms with Crippen molar-refractivity contribution in [2.75, 3.05) is 13.2 Å². The Morgan fingerprint density at radius 1 is 0.611 bits per heavy atom. The molecule has 0 N–H and O–H groups in total. The molecule has 0 atom stereocenters. The smallest absolute Gasteiger partial charge is 0.171 e. The molecule has 0 fully saturated rings. The van der Waals surface area contributed by atoms with E-state index in [1.807, 2.05) is 36.4 Å². The molecule has 0 saturated heterocycles. The van der Waals surface area contributed by atoms with Crippen LogP contribution >= 0.6 is 0 Å². The summed E-state index contributed by atoms with van der Waals surface area (Å²) in [5, 5.41) is 0. The number of hydrogen-bond acceptors (Lipinski definition) is 1. The van der Waals surface area contributed by atoms with Crippen molar-refractivity contribution in [3.63, 3.8) is 0 Å². The van der Waals surface area contributed by atoms with E-state index in [-0.39, 0.29) is 0 Å². The van der Waals surface area contributed by atoms with Crippen LogP contribution < -0.4 is 9.13 Å². The van der Waals surface area contributed by atoms with Crippen LogP contribution in [-0.4, -0.2) is 13.2 Å². The number of pyridine rings is 2. The van der Waals surface area contributed by atoms with E-state index >= 15 is 0 Å². The van der Waals surface area contributed by atoms with Crippen molar-refractivity contribution in [1.29, 1.82) is 0 Å². The first kappa shape index (κ1) is 12.7. The predicted molar refractivity (Wildman–Crippen MR) is 68.7 cm³/mol. The Morgan fingerprint density at radius 3 is 1.78 bits per heavy atom. The zero-order chi connectivity index (χ0) is 12.5. The summed E-state index contributed by atoms with van der Waals surface area (Å²) in [6.07, 6.45) is 9.33. The standard InChI is InChI=1S/C15H20N2O/c1-3-8-16(9-4-1)12-7-14-18-15-13-17-10-5-2-6-11-17/h1-6,8-11H,7,12-15H2/q+2. The zero-order valence-electron chi connectivity index (χ0n) is 10.6. The maximum atomic E-state index is 5.63. The number of rotatable bonds is 7. The molecule has 0 amide bonds. The Morgan fingerprint density at radius 2 is 1.17 bits per heavy atom. The van der Waals surface area contributed by atoms with Crippen molar-refractivity contribution >= 4 is 0 Å². The largest absolute Gasteiger partial charge is 0.375 e. The van der Waals surface area contributed by atoms with Crippen LogP contribution in [0.4, 0.5) is 0 Å². The summed E-state index contributed by atoms with van der Waals surface area (Å²) in [5.74, 6) is 0. The third kappa shape index (κ3) is 4.63. The van der Waals surface area contributed by atoms with E-state index in [0.29, 0.717) is 0 Å². The van der Waals surface area contributed by atoms with Crippen molar-refractivity contribution < 1.29 is 13.9 Å². The molecule has 2 heterocycles. The Balaban J connectivity index is 1.54. The molecule has 2 aromatic heterocycles. The van der Waals surface area contributed by atoms with Crippen molar-refractivity contribution in [2.24, 2.45) is 0 Å². The first-order chi connectivity index (χ1) is 8.95. The fourth-order valence-electron chi connectivity index (χ4n) is 1.79. The second-order valence-corrected chi connectivity index (χ2v) is 4.19. The zero-order valence-corrected chi connectivity index (χ0v) is 10.6. The van der Waals surface area contributed by atoms with Gasteiger partial charge in [-0.3, -0.25) is 0 Å². The van der Waals surface area contributed by atoms with E-state index in [2.05, 4.69) is 33.9 Å². The fourth-order valence-corrected chi connectivity index (χ4v) is 1.79. The van der Waals surface area contributed by atoms with Crippen LogP contribution in [-0.2, 0) is 17.8 Å². The number of hydrogen-bond donors (Lipinski definition) is 0. The van der Waals surface area contributed by atoms with Crippen molar-refractivity contribution in [1.82, 2.24) is 0 Å². The highest BCUT2D eigenvalue weighted by Gasteiger charge is 2.00. The molecule has 3 heteroatoms. The van der Waals surface area contributed by atoms with E-state index in [4.69, 9.17) is 4.74 Å². The minimum absolute atomic E-state index is 0.772. The van der Waals surface area contributed by atoms with Crippen LogP contribution in [0.15, 0.2) is 61.2 Å². The Labute approximate surface area is 108 Å². The average molecular weight is 244 g/mol. The lowest BCUT2D eigenvalue weighted by molar-refractivity contribution is -0.700. The van der Waals surface area contributed by atoms with Crippen molar-refractivity contribution in [3.8, 4) is 0 Å². The first-order valence-corrected chi connectivity index (χ1v) is 6.41. The van der Waals surface area contributed by atoms with Gasteiger partial charge in [0.05, 0.1) is 6.61 Å². The molecule has 0 aliphatic heterocycles. The summed E-state index contributed by atoms with van der Waals surface area (Å²) in [6.45, 7) is 3.52. The third-order valence-electron chi connectivity index (χ3n) is 2.75. The molecule has 0 bridgehead atoms. The van der Waals surface area contributed by atoms with Gasteiger partial charge in [-0.25, -0.2) is 9.13 Å². The van der Waals surface area contributed by atoms with Crippen molar-refractivity contribution in [3.05, 3.63) is 61.2 Å². The lowest BCUT2D eigenvalue weighted by atomic mass is 10.4. The van der Waals surface area contributed by atoms with E-state index < -0.39 is 0 Å². The highest BCUT2D eigenvalue weighted by Crippen LogP contribution is 1.85. The van der Waals surface area contributed by atoms with Gasteiger partial charge in [0.15, 0.2) is 37.9 Å². The van der Waals surface area contributed by atoms with Crippen LogP contribution in [0.1, 0.15) is 6.42 Å². The lowest BCUT2D eigenvalue weighted by Crippen LogP contribution is -2.35. The molecule has 0 spiro atoms. The predicted octanol–water partition coefficient (Wildman–Crippen LogP) is 1.37. The first-order valence-electron chi connectivity index (χ1n) is 6.41. The van der Waals surface area contributed by atoms with Gasteiger partial charge in [0.1, 0.15) is 6.61 Å². The van der Waals surface area contributed by atoms with Crippen LogP contribution in [0.2, 0.25) is 0 Å². The molecule has 0 saturated carbocycles. The van der Waals surface area contributed by atoms with Gasteiger partial charge in [-0.05, 0) is 0 Å². The Bertz CT molecular complexity index is 387. The molecule has 2 aromatic rings. The van der Waals surface area contributed by atoms with Gasteiger partial charge in [0.2, 0.25) is 0 Å². The maximum Gasteiger partial charge on any atom is 0.171 e. The summed E-state index contributed by atoms with van der Waals surface area (Å²) >= 11 is 0. The number of ether oxygens (including phenoxy) is 1. The highest BCUT2D eigenvalue weighted by molar-refractivity contribution is 4.84. The number of nitrogens with zero attached hydrogens (tertiary/aromatic N) is 2. The van der Waals surface area contributed by atoms with E-state index in [1.54, 1.807) is 0 Å². The van der Waals surface area contributed by atoms with E-state index in [0.717, 1.165) is 32.7 Å². The van der Waals surface area contributed by atoms with Gasteiger partial charge in [0.25, 0.3) is 0 Å². The van der Waals surface area contributed by atoms with Gasteiger partial charge < -0.3 is 4.74 Å². The van der Waals surface area contributed by atoms with Gasteiger partial charge in [0, 0.05) is 30.7 Å². The highest BCUT2D eigenvalue weighted by atomic mass is 16.5. The lowest BCUT2D eigenvalue weighted by Gasteiger charge is -2.00. The second kappa shape index (κ2) is 7.56. The van der Waals surface area contributed by atoms with E-state index in [1.165, 1.54) is 0 Å². The quantitative estimate of drug-likeness (QED) is 0.531. The molecule has 0 aromatic carbocycles. The average Bonchev–Trinajstić information content (AvgIpc) is 2.45. The molecule has 94 valence electrons. The minimum Gasteiger partial charge on any atom is -0.375 e. The van der Waals surface area contributed by atoms with Gasteiger partial charge in [-0.1, -0.05) is 12.1 Å². The van der Waals surface area contributed by atoms with Gasteiger partial charge in [-0.15, -0.1) is 0 Å². The Kier molecular flexibility index (Phi) is 5.34. The molecule has 3 nitrogen and oxygen atoms in total. The molecular formula is C15H20N2O+2. The van der Waals surface area contributed by atoms with Gasteiger partial charge >= 0.3 is 0 Å². The molecule has 0 aliphatic carbocycles. The van der Waals surface area contributed by atoms with Crippen molar-refractivity contribution in [2.45, 2.75) is 19.5 Å². The molecule has 0 unspecified atom stereocenters. The number of aromatic nitrogens is 2. The van der Waals surface area contributed by atoms with Crippen LogP contribution in [0.3, 0.4) is 0 Å². The molecule has 18 heavy (non-hydrogen) atoms. The Hall–Kier alpha value is -1.74. The van der Waals surface area contributed by atoms with Crippen LogP contribution in [0, 0.1) is 0 Å². The van der Waals surface area contributed by atoms with Crippen LogP contribution in [0.5, 0.6) is 0 Å². The molecule has 0 radical (unpaired) electrons. The maximum absolute atomic E-state index is 5.63. The molecular weight excluding hydrogens is 224 g/mol. The summed E-state index contributed by atoms with van der Waals surface area (Å²) in [4.78, 5) is 0. The van der Waals surface area contributed by atoms with Crippen LogP contribution in [0.25, 0.3) is 0 Å². The monoisotopic (exact) mass is 244 g/mol. The summed E-state index contributed by atoms with van der Waals surface area (Å²) in [6, 6.07) is 12.2. The summed E-state index contributed by atoms with van der Waals surface area (Å²) in [5.41, 5.74) is 0. The molecule has 0 aliphatic rings. The fraction of sp³-hybridized carbons (Fsp3) is 0.333. The SMILES string of the molecule is c1cc[n+](CCCOCC[n+]2ccccc2)cc1. The number of aryl methyl sites for hydroxylation is 1. The summed E-state index contributed by atoms with van der Waals surface area (Å²) in [7, 11) is 0.